The number of nitrogens with one attached hydrogen (secondary N) is 2. The molecule has 1 amide bonds. The molecule has 0 atom stereocenters. The van der Waals surface area contributed by atoms with E-state index in [0.717, 1.165) is 32.5 Å². The van der Waals surface area contributed by atoms with Crippen molar-refractivity contribution in [1.82, 2.24) is 10.6 Å². The second-order valence-corrected chi connectivity index (χ2v) is 4.66. The highest BCUT2D eigenvalue weighted by Crippen LogP contribution is 2.14. The molecule has 1 heterocycles. The summed E-state index contributed by atoms with van der Waals surface area (Å²) in [5, 5.41) is 5.94. The fourth-order valence-electron chi connectivity index (χ4n) is 1.52. The zero-order valence-electron chi connectivity index (χ0n) is 10.9. The lowest BCUT2D eigenvalue weighted by atomic mass is 10.0. The van der Waals surface area contributed by atoms with Gasteiger partial charge < -0.3 is 20.1 Å². The quantitative estimate of drug-likeness (QED) is 0.573. The summed E-state index contributed by atoms with van der Waals surface area (Å²) in [5.41, 5.74) is -0.151. The van der Waals surface area contributed by atoms with E-state index in [1.165, 1.54) is 0 Å². The Hall–Kier alpha value is -0.650. The van der Waals surface area contributed by atoms with E-state index >= 15 is 0 Å². The van der Waals surface area contributed by atoms with Gasteiger partial charge in [0.2, 0.25) is 5.91 Å². The summed E-state index contributed by atoms with van der Waals surface area (Å²) in [6, 6.07) is 0. The summed E-state index contributed by atoms with van der Waals surface area (Å²) in [6.45, 7) is 8.04. The average molecular weight is 244 g/mol. The van der Waals surface area contributed by atoms with Crippen molar-refractivity contribution in [2.24, 2.45) is 0 Å². The SMILES string of the molecule is CCCOCCCNC(=O)COC1(C)CNC1. The number of ether oxygens (including phenoxy) is 2. The molecule has 0 aliphatic carbocycles. The van der Waals surface area contributed by atoms with Crippen LogP contribution >= 0.6 is 0 Å². The molecule has 0 aromatic rings. The highest BCUT2D eigenvalue weighted by atomic mass is 16.5. The molecule has 1 fully saturated rings. The van der Waals surface area contributed by atoms with Crippen molar-refractivity contribution in [3.63, 3.8) is 0 Å². The number of carbonyl (C=O) groups is 1. The first-order valence-corrected chi connectivity index (χ1v) is 6.35. The molecule has 5 heteroatoms. The molecule has 5 nitrogen and oxygen atoms in total. The highest BCUT2D eigenvalue weighted by molar-refractivity contribution is 5.77. The number of amides is 1. The fourth-order valence-corrected chi connectivity index (χ4v) is 1.52. The lowest BCUT2D eigenvalue weighted by molar-refractivity contribution is -0.135. The van der Waals surface area contributed by atoms with Crippen LogP contribution in [0.25, 0.3) is 0 Å². The Morgan fingerprint density at radius 1 is 1.41 bits per heavy atom. The molecule has 1 aliphatic heterocycles. The second kappa shape index (κ2) is 7.63. The molecule has 0 spiro atoms. The Balaban J connectivity index is 1.90. The lowest BCUT2D eigenvalue weighted by Crippen LogP contribution is -2.59. The Bertz CT molecular complexity index is 230. The standard InChI is InChI=1S/C12H24N2O3/c1-3-6-16-7-4-5-14-11(15)8-17-12(2)9-13-10-12/h13H,3-10H2,1-2H3,(H,14,15). The van der Waals surface area contributed by atoms with Crippen molar-refractivity contribution in [3.8, 4) is 0 Å². The molecule has 1 aliphatic rings. The average Bonchev–Trinajstić information content (AvgIpc) is 2.28. The van der Waals surface area contributed by atoms with Crippen LogP contribution in [-0.2, 0) is 14.3 Å². The van der Waals surface area contributed by atoms with Gasteiger partial charge >= 0.3 is 0 Å². The number of rotatable bonds is 9. The van der Waals surface area contributed by atoms with E-state index < -0.39 is 0 Å². The maximum absolute atomic E-state index is 11.4. The molecule has 2 N–H and O–H groups in total. The van der Waals surface area contributed by atoms with Crippen LogP contribution in [0.1, 0.15) is 26.7 Å². The van der Waals surface area contributed by atoms with Gasteiger partial charge in [-0.05, 0) is 19.8 Å². The first-order chi connectivity index (χ1) is 8.16. The van der Waals surface area contributed by atoms with Gasteiger partial charge in [0.05, 0.1) is 5.60 Å². The Kier molecular flexibility index (Phi) is 6.47. The van der Waals surface area contributed by atoms with E-state index in [0.29, 0.717) is 13.2 Å². The van der Waals surface area contributed by atoms with Gasteiger partial charge in [0.15, 0.2) is 0 Å². The summed E-state index contributed by atoms with van der Waals surface area (Å²) < 4.78 is 10.8. The van der Waals surface area contributed by atoms with Crippen molar-refractivity contribution in [3.05, 3.63) is 0 Å². The zero-order valence-corrected chi connectivity index (χ0v) is 10.9. The van der Waals surface area contributed by atoms with Gasteiger partial charge in [-0.25, -0.2) is 0 Å². The normalized spacial score (nSPS) is 17.5. The van der Waals surface area contributed by atoms with Gasteiger partial charge in [-0.15, -0.1) is 0 Å². The van der Waals surface area contributed by atoms with Crippen molar-refractivity contribution < 1.29 is 14.3 Å². The van der Waals surface area contributed by atoms with Crippen molar-refractivity contribution in [2.45, 2.75) is 32.3 Å². The van der Waals surface area contributed by atoms with Crippen molar-refractivity contribution >= 4 is 5.91 Å². The summed E-state index contributed by atoms with van der Waals surface area (Å²) in [6.07, 6.45) is 1.89. The van der Waals surface area contributed by atoms with Gasteiger partial charge in [-0.2, -0.15) is 0 Å². The van der Waals surface area contributed by atoms with E-state index in [4.69, 9.17) is 9.47 Å². The van der Waals surface area contributed by atoms with Crippen LogP contribution in [-0.4, -0.2) is 51.0 Å². The molecule has 100 valence electrons. The summed E-state index contributed by atoms with van der Waals surface area (Å²) in [5.74, 6) is -0.0476. The van der Waals surface area contributed by atoms with Crippen LogP contribution in [0.2, 0.25) is 0 Å². The number of hydrogen-bond acceptors (Lipinski definition) is 4. The van der Waals surface area contributed by atoms with E-state index in [1.807, 2.05) is 6.92 Å². The number of carbonyl (C=O) groups excluding carboxylic acids is 1. The van der Waals surface area contributed by atoms with Crippen LogP contribution in [0.15, 0.2) is 0 Å². The Morgan fingerprint density at radius 2 is 2.18 bits per heavy atom. The van der Waals surface area contributed by atoms with Crippen LogP contribution < -0.4 is 10.6 Å². The minimum Gasteiger partial charge on any atom is -0.381 e. The number of hydrogen-bond donors (Lipinski definition) is 2. The first kappa shape index (κ1) is 14.4. The van der Waals surface area contributed by atoms with E-state index in [1.54, 1.807) is 0 Å². The molecule has 0 bridgehead atoms. The Morgan fingerprint density at radius 3 is 2.76 bits per heavy atom. The van der Waals surface area contributed by atoms with E-state index in [2.05, 4.69) is 17.6 Å². The maximum Gasteiger partial charge on any atom is 0.246 e. The molecule has 0 unspecified atom stereocenters. The molecule has 1 rings (SSSR count). The Labute approximate surface area is 103 Å². The van der Waals surface area contributed by atoms with Gasteiger partial charge in [0.25, 0.3) is 0 Å². The zero-order chi connectivity index (χ0) is 12.6. The minimum absolute atomic E-state index is 0.0476. The summed E-state index contributed by atoms with van der Waals surface area (Å²) in [7, 11) is 0. The third-order valence-corrected chi connectivity index (χ3v) is 2.69. The van der Waals surface area contributed by atoms with Crippen LogP contribution in [0, 0.1) is 0 Å². The third kappa shape index (κ3) is 6.00. The fraction of sp³-hybridized carbons (Fsp3) is 0.917. The van der Waals surface area contributed by atoms with Crippen molar-refractivity contribution in [2.75, 3.05) is 39.5 Å². The van der Waals surface area contributed by atoms with E-state index in [-0.39, 0.29) is 18.1 Å². The molecule has 0 radical (unpaired) electrons. The smallest absolute Gasteiger partial charge is 0.246 e. The predicted octanol–water partition coefficient (Wildman–Crippen LogP) is 0.298. The second-order valence-electron chi connectivity index (χ2n) is 4.66. The van der Waals surface area contributed by atoms with Gasteiger partial charge in [0.1, 0.15) is 6.61 Å². The van der Waals surface area contributed by atoms with Crippen LogP contribution in [0.5, 0.6) is 0 Å². The molecule has 17 heavy (non-hydrogen) atoms. The molecular weight excluding hydrogens is 220 g/mol. The lowest BCUT2D eigenvalue weighted by Gasteiger charge is -2.38. The molecule has 0 saturated carbocycles. The van der Waals surface area contributed by atoms with Crippen molar-refractivity contribution in [1.29, 1.82) is 0 Å². The predicted molar refractivity (Wildman–Crippen MR) is 66.0 cm³/mol. The van der Waals surface area contributed by atoms with Gasteiger partial charge in [-0.3, -0.25) is 4.79 Å². The summed E-state index contributed by atoms with van der Waals surface area (Å²) in [4.78, 5) is 11.4. The molecule has 0 aromatic heterocycles. The van der Waals surface area contributed by atoms with Crippen LogP contribution in [0.4, 0.5) is 0 Å². The van der Waals surface area contributed by atoms with Gasteiger partial charge in [-0.1, -0.05) is 6.92 Å². The third-order valence-electron chi connectivity index (χ3n) is 2.69. The van der Waals surface area contributed by atoms with Gasteiger partial charge in [0, 0.05) is 32.8 Å². The molecule has 0 aromatic carbocycles. The topological polar surface area (TPSA) is 59.6 Å². The molecular formula is C12H24N2O3. The van der Waals surface area contributed by atoms with E-state index in [9.17, 15) is 4.79 Å². The first-order valence-electron chi connectivity index (χ1n) is 6.35. The monoisotopic (exact) mass is 244 g/mol. The summed E-state index contributed by atoms with van der Waals surface area (Å²) >= 11 is 0. The minimum atomic E-state index is -0.151. The highest BCUT2D eigenvalue weighted by Gasteiger charge is 2.32. The maximum atomic E-state index is 11.4. The largest absolute Gasteiger partial charge is 0.381 e. The molecule has 1 saturated heterocycles. The van der Waals surface area contributed by atoms with Crippen LogP contribution in [0.3, 0.4) is 0 Å².